The van der Waals surface area contributed by atoms with Gasteiger partial charge >= 0.3 is 0 Å². The first-order valence-corrected chi connectivity index (χ1v) is 11.8. The van der Waals surface area contributed by atoms with E-state index in [1.54, 1.807) is 28.4 Å². The molecule has 0 saturated carbocycles. The van der Waals surface area contributed by atoms with Crippen LogP contribution in [0.5, 0.6) is 0 Å². The minimum Gasteiger partial charge on any atom is -0.344 e. The second-order valence-corrected chi connectivity index (χ2v) is 9.29. The fourth-order valence-corrected chi connectivity index (χ4v) is 5.38. The highest BCUT2D eigenvalue weighted by Gasteiger charge is 2.38. The van der Waals surface area contributed by atoms with Crippen LogP contribution in [0.15, 0.2) is 58.0 Å². The molecule has 2 heterocycles. The lowest BCUT2D eigenvalue weighted by Gasteiger charge is -2.42. The Bertz CT molecular complexity index is 1030. The van der Waals surface area contributed by atoms with Crippen LogP contribution in [0.2, 0.25) is 5.02 Å². The van der Waals surface area contributed by atoms with Gasteiger partial charge in [0.15, 0.2) is 0 Å². The summed E-state index contributed by atoms with van der Waals surface area (Å²) in [6.07, 6.45) is 2.35. The summed E-state index contributed by atoms with van der Waals surface area (Å²) in [4.78, 5) is 18.0. The number of nitriles is 1. The van der Waals surface area contributed by atoms with Gasteiger partial charge in [-0.2, -0.15) is 5.26 Å². The lowest BCUT2D eigenvalue weighted by Crippen LogP contribution is -2.47. The minimum absolute atomic E-state index is 0.0494. The first kappa shape index (κ1) is 20.2. The Labute approximate surface area is 184 Å². The maximum atomic E-state index is 13.0. The van der Waals surface area contributed by atoms with Gasteiger partial charge in [-0.3, -0.25) is 9.69 Å². The van der Waals surface area contributed by atoms with Crippen LogP contribution in [0.3, 0.4) is 0 Å². The number of halogens is 1. The Hall–Kier alpha value is -2.07. The maximum Gasteiger partial charge on any atom is 0.229 e. The number of allylic oxidation sites excluding steroid dienone is 1. The molecule has 0 N–H and O–H groups in total. The van der Waals surface area contributed by atoms with Gasteiger partial charge in [0, 0.05) is 27.9 Å². The molecule has 2 aliphatic rings. The number of anilines is 1. The first-order chi connectivity index (χ1) is 14.0. The standard InChI is InChI=1S/C22H20ClN3OS2/c1-14-3-6-16(9-20(14)23)25-12-26-21(27)10-18(19(11-24)22(26)29-13-25)15-4-7-17(28-2)8-5-15/h3-9,18H,10,12-13H2,1-2H3. The van der Waals surface area contributed by atoms with Crippen molar-refractivity contribution in [1.82, 2.24) is 4.90 Å². The molecule has 1 unspecified atom stereocenters. The zero-order valence-electron chi connectivity index (χ0n) is 16.2. The van der Waals surface area contributed by atoms with E-state index in [1.807, 2.05) is 55.6 Å². The summed E-state index contributed by atoms with van der Waals surface area (Å²) in [6.45, 7) is 2.40. The van der Waals surface area contributed by atoms with E-state index >= 15 is 0 Å². The fourth-order valence-electron chi connectivity index (χ4n) is 3.63. The largest absolute Gasteiger partial charge is 0.344 e. The van der Waals surface area contributed by atoms with Crippen molar-refractivity contribution in [3.63, 3.8) is 0 Å². The number of thioether (sulfide) groups is 2. The Kier molecular flexibility index (Phi) is 5.82. The van der Waals surface area contributed by atoms with Crippen molar-refractivity contribution in [2.24, 2.45) is 0 Å². The number of fused-ring (bicyclic) bond motifs is 1. The monoisotopic (exact) mass is 441 g/mol. The predicted octanol–water partition coefficient (Wildman–Crippen LogP) is 5.59. The quantitative estimate of drug-likeness (QED) is 0.581. The van der Waals surface area contributed by atoms with Crippen LogP contribution >= 0.6 is 35.1 Å². The third kappa shape index (κ3) is 3.87. The highest BCUT2D eigenvalue weighted by Crippen LogP contribution is 2.43. The van der Waals surface area contributed by atoms with Crippen LogP contribution in [0, 0.1) is 18.3 Å². The summed E-state index contributed by atoms with van der Waals surface area (Å²) in [5.74, 6) is 0.540. The van der Waals surface area contributed by atoms with Crippen LogP contribution < -0.4 is 4.90 Å². The Balaban J connectivity index is 1.64. The average molecular weight is 442 g/mol. The smallest absolute Gasteiger partial charge is 0.229 e. The van der Waals surface area contributed by atoms with E-state index in [4.69, 9.17) is 11.6 Å². The number of aryl methyl sites for hydroxylation is 1. The van der Waals surface area contributed by atoms with Crippen LogP contribution in [0.25, 0.3) is 0 Å². The van der Waals surface area contributed by atoms with E-state index in [0.717, 1.165) is 21.8 Å². The van der Waals surface area contributed by atoms with E-state index in [1.165, 1.54) is 4.90 Å². The maximum absolute atomic E-state index is 13.0. The molecule has 2 aliphatic heterocycles. The molecule has 0 bridgehead atoms. The number of hydrogen-bond acceptors (Lipinski definition) is 5. The van der Waals surface area contributed by atoms with Crippen molar-refractivity contribution >= 4 is 46.7 Å². The van der Waals surface area contributed by atoms with Crippen LogP contribution in [-0.4, -0.2) is 29.6 Å². The average Bonchev–Trinajstić information content (AvgIpc) is 2.75. The molecule has 1 fully saturated rings. The lowest BCUT2D eigenvalue weighted by molar-refractivity contribution is -0.129. The molecule has 1 amide bonds. The number of amides is 1. The zero-order chi connectivity index (χ0) is 20.5. The predicted molar refractivity (Wildman–Crippen MR) is 121 cm³/mol. The van der Waals surface area contributed by atoms with Crippen LogP contribution in [0.1, 0.15) is 23.5 Å². The molecule has 0 radical (unpaired) electrons. The third-order valence-corrected chi connectivity index (χ3v) is 7.64. The number of rotatable bonds is 3. The van der Waals surface area contributed by atoms with Crippen molar-refractivity contribution in [2.45, 2.75) is 24.2 Å². The van der Waals surface area contributed by atoms with Crippen molar-refractivity contribution < 1.29 is 4.79 Å². The van der Waals surface area contributed by atoms with Gasteiger partial charge in [-0.05, 0) is 48.6 Å². The minimum atomic E-state index is -0.178. The number of hydrogen-bond donors (Lipinski definition) is 0. The summed E-state index contributed by atoms with van der Waals surface area (Å²) >= 11 is 9.51. The molecule has 2 aromatic rings. The molecular weight excluding hydrogens is 422 g/mol. The molecule has 1 saturated heterocycles. The SMILES string of the molecule is CSc1ccc(C2CC(=O)N3CN(c4ccc(C)c(Cl)c4)CSC3=C2C#N)cc1. The molecular formula is C22H20ClN3OS2. The zero-order valence-corrected chi connectivity index (χ0v) is 18.6. The summed E-state index contributed by atoms with van der Waals surface area (Å²) in [5.41, 5.74) is 3.71. The van der Waals surface area contributed by atoms with Gasteiger partial charge in [-0.15, -0.1) is 11.8 Å². The van der Waals surface area contributed by atoms with Crippen molar-refractivity contribution in [1.29, 1.82) is 5.26 Å². The van der Waals surface area contributed by atoms with E-state index in [2.05, 4.69) is 11.0 Å². The van der Waals surface area contributed by atoms with Gasteiger partial charge in [0.1, 0.15) is 0 Å². The molecule has 1 atom stereocenters. The number of carbonyl (C=O) groups excluding carboxylic acids is 1. The molecule has 148 valence electrons. The molecule has 0 aromatic heterocycles. The van der Waals surface area contributed by atoms with Gasteiger partial charge in [0.2, 0.25) is 5.91 Å². The lowest BCUT2D eigenvalue weighted by atomic mass is 9.86. The number of carbonyl (C=O) groups is 1. The molecule has 4 rings (SSSR count). The highest BCUT2D eigenvalue weighted by molar-refractivity contribution is 8.03. The molecule has 4 nitrogen and oxygen atoms in total. The Morgan fingerprint density at radius 1 is 1.24 bits per heavy atom. The van der Waals surface area contributed by atoms with Gasteiger partial charge in [-0.25, -0.2) is 0 Å². The Morgan fingerprint density at radius 3 is 2.66 bits per heavy atom. The Morgan fingerprint density at radius 2 is 2.00 bits per heavy atom. The molecule has 2 aromatic carbocycles. The van der Waals surface area contributed by atoms with Gasteiger partial charge in [0.05, 0.1) is 29.2 Å². The second-order valence-electron chi connectivity index (χ2n) is 7.07. The third-order valence-electron chi connectivity index (χ3n) is 5.33. The van der Waals surface area contributed by atoms with Gasteiger partial charge in [0.25, 0.3) is 0 Å². The van der Waals surface area contributed by atoms with E-state index < -0.39 is 0 Å². The highest BCUT2D eigenvalue weighted by atomic mass is 35.5. The van der Waals surface area contributed by atoms with Crippen LogP contribution in [-0.2, 0) is 4.79 Å². The molecule has 0 spiro atoms. The van der Waals surface area contributed by atoms with Crippen molar-refractivity contribution in [3.8, 4) is 6.07 Å². The number of nitrogens with zero attached hydrogens (tertiary/aromatic N) is 3. The van der Waals surface area contributed by atoms with E-state index in [-0.39, 0.29) is 11.8 Å². The normalized spacial score (nSPS) is 19.2. The topological polar surface area (TPSA) is 47.3 Å². The van der Waals surface area contributed by atoms with Crippen LogP contribution in [0.4, 0.5) is 5.69 Å². The van der Waals surface area contributed by atoms with E-state index in [9.17, 15) is 10.1 Å². The summed E-state index contributed by atoms with van der Waals surface area (Å²) in [6, 6.07) is 16.5. The van der Waals surface area contributed by atoms with Gasteiger partial charge < -0.3 is 4.90 Å². The molecule has 29 heavy (non-hydrogen) atoms. The van der Waals surface area contributed by atoms with E-state index in [0.29, 0.717) is 29.6 Å². The van der Waals surface area contributed by atoms with Gasteiger partial charge in [-0.1, -0.05) is 41.6 Å². The fraction of sp³-hybridized carbons (Fsp3) is 0.273. The van der Waals surface area contributed by atoms with Crippen molar-refractivity contribution in [3.05, 3.63) is 69.2 Å². The number of benzene rings is 2. The summed E-state index contributed by atoms with van der Waals surface area (Å²) in [7, 11) is 0. The van der Waals surface area contributed by atoms with Crippen molar-refractivity contribution in [2.75, 3.05) is 23.7 Å². The first-order valence-electron chi connectivity index (χ1n) is 9.24. The summed E-state index contributed by atoms with van der Waals surface area (Å²) < 4.78 is 0. The summed E-state index contributed by atoms with van der Waals surface area (Å²) in [5, 5.41) is 11.4. The molecule has 0 aliphatic carbocycles. The molecule has 7 heteroatoms. The second kappa shape index (κ2) is 8.35.